The van der Waals surface area contributed by atoms with Gasteiger partial charge >= 0.3 is 10.3 Å². The zero-order valence-corrected chi connectivity index (χ0v) is 14.1. The van der Waals surface area contributed by atoms with Gasteiger partial charge in [-0.2, -0.15) is 8.42 Å². The first-order chi connectivity index (χ1) is 11.0. The lowest BCUT2D eigenvalue weighted by atomic mass is 10.1. The molecule has 8 heteroatoms. The fraction of sp³-hybridized carbons (Fsp3) is 0.133. The molecule has 1 amide bonds. The van der Waals surface area contributed by atoms with E-state index in [2.05, 4.69) is 15.9 Å². The maximum atomic E-state index is 12.8. The fourth-order valence-corrected chi connectivity index (χ4v) is 4.28. The number of nitrogens with zero attached hydrogens (tertiary/aromatic N) is 2. The van der Waals surface area contributed by atoms with Crippen LogP contribution in [0.3, 0.4) is 0 Å². The van der Waals surface area contributed by atoms with E-state index >= 15 is 0 Å². The lowest BCUT2D eigenvalue weighted by Crippen LogP contribution is -2.39. The summed E-state index contributed by atoms with van der Waals surface area (Å²) in [6, 6.07) is 13.0. The van der Waals surface area contributed by atoms with Crippen molar-refractivity contribution >= 4 is 37.8 Å². The second-order valence-electron chi connectivity index (χ2n) is 5.25. The van der Waals surface area contributed by atoms with E-state index in [1.807, 2.05) is 0 Å². The number of benzene rings is 2. The van der Waals surface area contributed by atoms with Crippen LogP contribution in [0.5, 0.6) is 5.75 Å². The maximum absolute atomic E-state index is 12.8. The largest absolute Gasteiger partial charge is 0.387 e. The molecule has 0 aromatic heterocycles. The molecule has 2 aliphatic heterocycles. The molecule has 2 aromatic carbocycles. The Balaban J connectivity index is 1.81. The smallest absolute Gasteiger partial charge is 0.370 e. The van der Waals surface area contributed by atoms with Crippen molar-refractivity contribution in [1.82, 2.24) is 4.31 Å². The Morgan fingerprint density at radius 2 is 1.78 bits per heavy atom. The van der Waals surface area contributed by atoms with E-state index in [-0.39, 0.29) is 18.3 Å². The fourth-order valence-electron chi connectivity index (χ4n) is 2.82. The Bertz CT molecular complexity index is 898. The summed E-state index contributed by atoms with van der Waals surface area (Å²) in [6.07, 6.45) is 0. The van der Waals surface area contributed by atoms with Gasteiger partial charge in [-0.05, 0) is 30.3 Å². The number of anilines is 1. The highest BCUT2D eigenvalue weighted by atomic mass is 79.9. The molecular formula is C15H11BrN2O4S. The summed E-state index contributed by atoms with van der Waals surface area (Å²) in [7, 11) is -3.99. The van der Waals surface area contributed by atoms with Crippen LogP contribution in [-0.4, -0.2) is 25.3 Å². The van der Waals surface area contributed by atoms with Gasteiger partial charge < -0.3 is 4.18 Å². The molecule has 1 fully saturated rings. The summed E-state index contributed by atoms with van der Waals surface area (Å²) in [5, 5.41) is 0. The summed E-state index contributed by atoms with van der Waals surface area (Å²) in [4.78, 5) is 14.3. The van der Waals surface area contributed by atoms with Gasteiger partial charge in [0.15, 0.2) is 0 Å². The van der Waals surface area contributed by atoms with Crippen LogP contribution in [0, 0.1) is 0 Å². The minimum Gasteiger partial charge on any atom is -0.370 e. The zero-order valence-electron chi connectivity index (χ0n) is 11.7. The molecule has 1 saturated heterocycles. The summed E-state index contributed by atoms with van der Waals surface area (Å²) in [5.74, 6) is -0.0774. The van der Waals surface area contributed by atoms with Gasteiger partial charge in [-0.25, -0.2) is 0 Å². The first kappa shape index (κ1) is 14.7. The first-order valence-corrected chi connectivity index (χ1v) is 9.00. The minimum atomic E-state index is -3.99. The van der Waals surface area contributed by atoms with Crippen molar-refractivity contribution in [2.24, 2.45) is 0 Å². The van der Waals surface area contributed by atoms with Crippen LogP contribution >= 0.6 is 15.9 Å². The van der Waals surface area contributed by atoms with Crippen molar-refractivity contribution in [2.75, 3.05) is 11.6 Å². The maximum Gasteiger partial charge on any atom is 0.387 e. The quantitative estimate of drug-likeness (QED) is 0.744. The van der Waals surface area contributed by atoms with Gasteiger partial charge in [0, 0.05) is 15.7 Å². The summed E-state index contributed by atoms with van der Waals surface area (Å²) < 4.78 is 31.7. The number of fused-ring (bicyclic) bond motifs is 3. The molecule has 0 bridgehead atoms. The number of hydrogen-bond acceptors (Lipinski definition) is 4. The average molecular weight is 395 g/mol. The lowest BCUT2D eigenvalue weighted by molar-refractivity contribution is -0.119. The predicted octanol–water partition coefficient (Wildman–Crippen LogP) is 2.43. The van der Waals surface area contributed by atoms with Gasteiger partial charge in [-0.15, -0.1) is 4.31 Å². The van der Waals surface area contributed by atoms with Crippen LogP contribution in [-0.2, 0) is 15.1 Å². The van der Waals surface area contributed by atoms with Gasteiger partial charge in [-0.1, -0.05) is 34.1 Å². The third-order valence-corrected chi connectivity index (χ3v) is 5.72. The molecule has 0 saturated carbocycles. The molecule has 0 spiro atoms. The summed E-state index contributed by atoms with van der Waals surface area (Å²) >= 11 is 3.34. The minimum absolute atomic E-state index is 0.0677. The molecule has 2 heterocycles. The highest BCUT2D eigenvalue weighted by Crippen LogP contribution is 2.43. The number of hydrogen-bond donors (Lipinski definition) is 0. The topological polar surface area (TPSA) is 66.9 Å². The third-order valence-electron chi connectivity index (χ3n) is 3.90. The molecule has 0 unspecified atom stereocenters. The second-order valence-corrected chi connectivity index (χ2v) is 7.66. The van der Waals surface area contributed by atoms with E-state index in [9.17, 15) is 13.2 Å². The van der Waals surface area contributed by atoms with Crippen LogP contribution in [0.4, 0.5) is 5.69 Å². The average Bonchev–Trinajstić information content (AvgIpc) is 2.87. The van der Waals surface area contributed by atoms with E-state index in [1.165, 1.54) is 4.90 Å². The third kappa shape index (κ3) is 2.25. The van der Waals surface area contributed by atoms with Gasteiger partial charge in [-0.3, -0.25) is 9.69 Å². The Kier molecular flexibility index (Phi) is 3.22. The van der Waals surface area contributed by atoms with Crippen LogP contribution in [0.25, 0.3) is 0 Å². The lowest BCUT2D eigenvalue weighted by Gasteiger charge is -2.27. The number of amides is 1. The first-order valence-electron chi connectivity index (χ1n) is 6.84. The monoisotopic (exact) mass is 394 g/mol. The number of para-hydroxylation sites is 1. The Labute approximate surface area is 141 Å². The molecule has 0 N–H and O–H groups in total. The molecule has 23 heavy (non-hydrogen) atoms. The summed E-state index contributed by atoms with van der Waals surface area (Å²) in [6.45, 7) is -0.0677. The predicted molar refractivity (Wildman–Crippen MR) is 87.1 cm³/mol. The van der Waals surface area contributed by atoms with Crippen LogP contribution in [0.15, 0.2) is 53.0 Å². The molecule has 0 aliphatic carbocycles. The van der Waals surface area contributed by atoms with Gasteiger partial charge in [0.2, 0.25) is 0 Å². The second kappa shape index (κ2) is 5.05. The van der Waals surface area contributed by atoms with Crippen molar-refractivity contribution in [1.29, 1.82) is 0 Å². The SMILES string of the molecule is O=C1[C@H]2c3ccccc3OS(=O)(=O)N2CN1c1ccc(Br)cc1. The van der Waals surface area contributed by atoms with Crippen molar-refractivity contribution in [3.8, 4) is 5.75 Å². The van der Waals surface area contributed by atoms with Gasteiger partial charge in [0.05, 0.1) is 6.67 Å². The normalized spacial score (nSPS) is 22.4. The van der Waals surface area contributed by atoms with E-state index < -0.39 is 16.3 Å². The molecule has 0 radical (unpaired) electrons. The number of rotatable bonds is 1. The molecule has 4 rings (SSSR count). The Morgan fingerprint density at radius 1 is 1.09 bits per heavy atom. The highest BCUT2D eigenvalue weighted by molar-refractivity contribution is 9.10. The molecule has 1 atom stereocenters. The van der Waals surface area contributed by atoms with E-state index in [1.54, 1.807) is 48.5 Å². The number of halogens is 1. The van der Waals surface area contributed by atoms with Crippen LogP contribution < -0.4 is 9.08 Å². The van der Waals surface area contributed by atoms with Crippen molar-refractivity contribution in [2.45, 2.75) is 6.04 Å². The van der Waals surface area contributed by atoms with Crippen molar-refractivity contribution < 1.29 is 17.4 Å². The van der Waals surface area contributed by atoms with E-state index in [0.29, 0.717) is 11.3 Å². The van der Waals surface area contributed by atoms with Crippen LogP contribution in [0.1, 0.15) is 11.6 Å². The van der Waals surface area contributed by atoms with E-state index in [0.717, 1.165) is 8.78 Å². The number of carbonyl (C=O) groups is 1. The molecule has 2 aliphatic rings. The highest BCUT2D eigenvalue weighted by Gasteiger charge is 2.51. The molecular weight excluding hydrogens is 384 g/mol. The Morgan fingerprint density at radius 3 is 2.52 bits per heavy atom. The number of carbonyl (C=O) groups excluding carboxylic acids is 1. The Hall–Kier alpha value is -1.90. The van der Waals surface area contributed by atoms with Gasteiger partial charge in [0.1, 0.15) is 11.8 Å². The molecule has 2 aromatic rings. The van der Waals surface area contributed by atoms with Gasteiger partial charge in [0.25, 0.3) is 5.91 Å². The van der Waals surface area contributed by atoms with E-state index in [4.69, 9.17) is 4.18 Å². The molecule has 118 valence electrons. The van der Waals surface area contributed by atoms with Crippen LogP contribution in [0.2, 0.25) is 0 Å². The van der Waals surface area contributed by atoms with Crippen molar-refractivity contribution in [3.63, 3.8) is 0 Å². The molecule has 6 nitrogen and oxygen atoms in total. The zero-order chi connectivity index (χ0) is 16.2. The summed E-state index contributed by atoms with van der Waals surface area (Å²) in [5.41, 5.74) is 1.20. The van der Waals surface area contributed by atoms with Crippen molar-refractivity contribution in [3.05, 3.63) is 58.6 Å². The standard InChI is InChI=1S/C15H11BrN2O4S/c16-10-5-7-11(8-6-10)17-9-18-14(15(17)19)12-3-1-2-4-13(12)22-23(18,20)21/h1-8,14H,9H2/t14-/m1/s1.